The van der Waals surface area contributed by atoms with Gasteiger partial charge in [0, 0.05) is 6.42 Å². The molecule has 0 bridgehead atoms. The summed E-state index contributed by atoms with van der Waals surface area (Å²) in [5.41, 5.74) is 0.225. The molecule has 0 saturated carbocycles. The number of carbonyl (C=O) groups is 1. The Kier molecular flexibility index (Phi) is 4.27. The summed E-state index contributed by atoms with van der Waals surface area (Å²) in [5.74, 6) is 0.0289. The van der Waals surface area contributed by atoms with Gasteiger partial charge in [0.25, 0.3) is 0 Å². The van der Waals surface area contributed by atoms with Gasteiger partial charge in [-0.1, -0.05) is 26.0 Å². The number of benzene rings is 1. The average molecular weight is 237 g/mol. The van der Waals surface area contributed by atoms with Crippen molar-refractivity contribution in [3.05, 3.63) is 35.6 Å². The standard InChI is InChI=1S/C14H20FNO/c1-10(2)8-13(17)16-14(3,4)11-6-5-7-12(15)9-11/h5-7,9-10H,8H2,1-4H3,(H,16,17). The lowest BCUT2D eigenvalue weighted by molar-refractivity contribution is -0.123. The molecular formula is C14H20FNO. The fraction of sp³-hybridized carbons (Fsp3) is 0.500. The first-order valence-electron chi connectivity index (χ1n) is 5.88. The normalized spacial score (nSPS) is 11.6. The van der Waals surface area contributed by atoms with E-state index in [9.17, 15) is 9.18 Å². The van der Waals surface area contributed by atoms with Gasteiger partial charge in [0.1, 0.15) is 5.82 Å². The van der Waals surface area contributed by atoms with Crippen LogP contribution in [-0.2, 0) is 10.3 Å². The van der Waals surface area contributed by atoms with Crippen molar-refractivity contribution < 1.29 is 9.18 Å². The van der Waals surface area contributed by atoms with E-state index in [4.69, 9.17) is 0 Å². The minimum absolute atomic E-state index is 0.00531. The van der Waals surface area contributed by atoms with Gasteiger partial charge in [-0.3, -0.25) is 4.79 Å². The van der Waals surface area contributed by atoms with E-state index in [2.05, 4.69) is 5.32 Å². The van der Waals surface area contributed by atoms with Crippen molar-refractivity contribution in [2.24, 2.45) is 5.92 Å². The molecule has 0 aliphatic heterocycles. The third kappa shape index (κ3) is 4.17. The predicted molar refractivity (Wildman–Crippen MR) is 67.0 cm³/mol. The molecule has 0 aliphatic rings. The highest BCUT2D eigenvalue weighted by Gasteiger charge is 2.23. The van der Waals surface area contributed by atoms with Crippen LogP contribution in [-0.4, -0.2) is 5.91 Å². The molecule has 1 rings (SSSR count). The summed E-state index contributed by atoms with van der Waals surface area (Å²) in [6, 6.07) is 6.32. The fourth-order valence-electron chi connectivity index (χ4n) is 1.72. The summed E-state index contributed by atoms with van der Waals surface area (Å²) < 4.78 is 13.1. The van der Waals surface area contributed by atoms with Gasteiger partial charge in [0.05, 0.1) is 5.54 Å². The summed E-state index contributed by atoms with van der Waals surface area (Å²) in [4.78, 5) is 11.7. The number of hydrogen-bond donors (Lipinski definition) is 1. The second-order valence-electron chi connectivity index (χ2n) is 5.28. The van der Waals surface area contributed by atoms with Gasteiger partial charge in [-0.05, 0) is 37.5 Å². The monoisotopic (exact) mass is 237 g/mol. The Morgan fingerprint density at radius 3 is 2.59 bits per heavy atom. The van der Waals surface area contributed by atoms with Gasteiger partial charge in [-0.25, -0.2) is 4.39 Å². The Bertz CT molecular complexity index is 399. The van der Waals surface area contributed by atoms with Crippen molar-refractivity contribution in [2.45, 2.75) is 39.7 Å². The first kappa shape index (κ1) is 13.7. The van der Waals surface area contributed by atoms with Crippen LogP contribution in [0.5, 0.6) is 0 Å². The molecule has 3 heteroatoms. The number of halogens is 1. The maximum atomic E-state index is 13.1. The molecule has 1 aromatic carbocycles. The molecule has 0 fully saturated rings. The molecule has 0 unspecified atom stereocenters. The van der Waals surface area contributed by atoms with Crippen LogP contribution in [0.4, 0.5) is 4.39 Å². The molecule has 0 saturated heterocycles. The quantitative estimate of drug-likeness (QED) is 0.856. The molecule has 0 heterocycles. The summed E-state index contributed by atoms with van der Waals surface area (Å²) in [5, 5.41) is 2.93. The van der Waals surface area contributed by atoms with E-state index in [-0.39, 0.29) is 11.7 Å². The number of carbonyl (C=O) groups excluding carboxylic acids is 1. The maximum absolute atomic E-state index is 13.1. The van der Waals surface area contributed by atoms with Crippen molar-refractivity contribution in [1.29, 1.82) is 0 Å². The summed E-state index contributed by atoms with van der Waals surface area (Å²) in [6.07, 6.45) is 0.485. The van der Waals surface area contributed by atoms with Gasteiger partial charge in [-0.2, -0.15) is 0 Å². The maximum Gasteiger partial charge on any atom is 0.220 e. The average Bonchev–Trinajstić information content (AvgIpc) is 2.15. The molecular weight excluding hydrogens is 217 g/mol. The first-order valence-corrected chi connectivity index (χ1v) is 5.88. The van der Waals surface area contributed by atoms with Gasteiger partial charge in [0.2, 0.25) is 5.91 Å². The van der Waals surface area contributed by atoms with E-state index in [0.717, 1.165) is 5.56 Å². The Morgan fingerprint density at radius 2 is 2.06 bits per heavy atom. The highest BCUT2D eigenvalue weighted by Crippen LogP contribution is 2.21. The molecule has 0 atom stereocenters. The van der Waals surface area contributed by atoms with E-state index in [0.29, 0.717) is 12.3 Å². The number of nitrogens with one attached hydrogen (secondary N) is 1. The van der Waals surface area contributed by atoms with Crippen LogP contribution < -0.4 is 5.32 Å². The molecule has 0 spiro atoms. The lowest BCUT2D eigenvalue weighted by atomic mass is 9.93. The molecule has 17 heavy (non-hydrogen) atoms. The lowest BCUT2D eigenvalue weighted by Gasteiger charge is -2.27. The van der Waals surface area contributed by atoms with Crippen LogP contribution in [0.25, 0.3) is 0 Å². The molecule has 2 nitrogen and oxygen atoms in total. The van der Waals surface area contributed by atoms with Crippen LogP contribution in [0.3, 0.4) is 0 Å². The van der Waals surface area contributed by atoms with Gasteiger partial charge >= 0.3 is 0 Å². The molecule has 1 amide bonds. The predicted octanol–water partition coefficient (Wildman–Crippen LogP) is 3.22. The largest absolute Gasteiger partial charge is 0.347 e. The SMILES string of the molecule is CC(C)CC(=O)NC(C)(C)c1cccc(F)c1. The van der Waals surface area contributed by atoms with Gasteiger partial charge in [-0.15, -0.1) is 0 Å². The molecule has 0 aliphatic carbocycles. The topological polar surface area (TPSA) is 29.1 Å². The van der Waals surface area contributed by atoms with E-state index in [1.165, 1.54) is 12.1 Å². The Hall–Kier alpha value is -1.38. The fourth-order valence-corrected chi connectivity index (χ4v) is 1.72. The molecule has 0 aromatic heterocycles. The van der Waals surface area contributed by atoms with Crippen LogP contribution in [0.2, 0.25) is 0 Å². The van der Waals surface area contributed by atoms with E-state index in [1.807, 2.05) is 33.8 Å². The van der Waals surface area contributed by atoms with E-state index >= 15 is 0 Å². The second kappa shape index (κ2) is 5.30. The minimum Gasteiger partial charge on any atom is -0.347 e. The van der Waals surface area contributed by atoms with Crippen molar-refractivity contribution in [1.82, 2.24) is 5.32 Å². The lowest BCUT2D eigenvalue weighted by Crippen LogP contribution is -2.41. The molecule has 1 aromatic rings. The zero-order valence-electron chi connectivity index (χ0n) is 10.9. The summed E-state index contributed by atoms with van der Waals surface area (Å²) >= 11 is 0. The highest BCUT2D eigenvalue weighted by molar-refractivity contribution is 5.77. The number of rotatable bonds is 4. The highest BCUT2D eigenvalue weighted by atomic mass is 19.1. The Balaban J connectivity index is 2.78. The second-order valence-corrected chi connectivity index (χ2v) is 5.28. The van der Waals surface area contributed by atoms with Gasteiger partial charge < -0.3 is 5.32 Å². The third-order valence-corrected chi connectivity index (χ3v) is 2.59. The Morgan fingerprint density at radius 1 is 1.41 bits per heavy atom. The Labute approximate surface area is 102 Å². The summed E-state index contributed by atoms with van der Waals surface area (Å²) in [6.45, 7) is 7.74. The number of amides is 1. The van der Waals surface area contributed by atoms with Crippen LogP contribution in [0.15, 0.2) is 24.3 Å². The van der Waals surface area contributed by atoms with Crippen LogP contribution in [0.1, 0.15) is 39.7 Å². The van der Waals surface area contributed by atoms with Crippen molar-refractivity contribution >= 4 is 5.91 Å². The molecule has 0 radical (unpaired) electrons. The van der Waals surface area contributed by atoms with Crippen molar-refractivity contribution in [3.8, 4) is 0 Å². The first-order chi connectivity index (χ1) is 7.81. The minimum atomic E-state index is -0.548. The van der Waals surface area contributed by atoms with Crippen molar-refractivity contribution in [2.75, 3.05) is 0 Å². The van der Waals surface area contributed by atoms with Crippen LogP contribution >= 0.6 is 0 Å². The zero-order valence-corrected chi connectivity index (χ0v) is 10.9. The summed E-state index contributed by atoms with van der Waals surface area (Å²) in [7, 11) is 0. The van der Waals surface area contributed by atoms with E-state index in [1.54, 1.807) is 6.07 Å². The zero-order chi connectivity index (χ0) is 13.1. The van der Waals surface area contributed by atoms with Gasteiger partial charge in [0.15, 0.2) is 0 Å². The number of hydrogen-bond acceptors (Lipinski definition) is 1. The molecule has 1 N–H and O–H groups in total. The third-order valence-electron chi connectivity index (χ3n) is 2.59. The van der Waals surface area contributed by atoms with E-state index < -0.39 is 5.54 Å². The smallest absolute Gasteiger partial charge is 0.220 e. The van der Waals surface area contributed by atoms with Crippen molar-refractivity contribution in [3.63, 3.8) is 0 Å². The molecule has 94 valence electrons. The van der Waals surface area contributed by atoms with Crippen LogP contribution in [0, 0.1) is 11.7 Å².